The summed E-state index contributed by atoms with van der Waals surface area (Å²) >= 11 is 0. The minimum Gasteiger partial charge on any atom is -0.508 e. The monoisotopic (exact) mass is 402 g/mol. The molecule has 4 N–H and O–H groups in total. The van der Waals surface area contributed by atoms with Gasteiger partial charge in [0.25, 0.3) is 0 Å². The van der Waals surface area contributed by atoms with Gasteiger partial charge in [-0.15, -0.1) is 0 Å². The third-order valence-corrected chi connectivity index (χ3v) is 5.89. The van der Waals surface area contributed by atoms with Crippen LogP contribution in [0.25, 0.3) is 21.5 Å². The predicted octanol–water partition coefficient (Wildman–Crippen LogP) is 6.17. The Labute approximate surface area is 175 Å². The molecule has 0 unspecified atom stereocenters. The highest BCUT2D eigenvalue weighted by molar-refractivity contribution is 5.94. The maximum Gasteiger partial charge on any atom is 0.120 e. The van der Waals surface area contributed by atoms with Crippen LogP contribution in [0.1, 0.15) is 38.3 Å². The van der Waals surface area contributed by atoms with E-state index >= 15 is 0 Å². The van der Waals surface area contributed by atoms with Gasteiger partial charge in [-0.05, 0) is 70.3 Å². The van der Waals surface area contributed by atoms with E-state index in [0.717, 1.165) is 21.5 Å². The molecule has 0 heterocycles. The number of phenolic OH excluding ortho intramolecular Hbond substituents is 4. The number of fused-ring (bicyclic) bond motifs is 2. The zero-order chi connectivity index (χ0) is 21.6. The summed E-state index contributed by atoms with van der Waals surface area (Å²) in [5.74, 6) is 0.677. The largest absolute Gasteiger partial charge is 0.508 e. The first-order chi connectivity index (χ1) is 14.2. The highest BCUT2D eigenvalue weighted by atomic mass is 16.3. The van der Waals surface area contributed by atoms with Crippen molar-refractivity contribution in [1.29, 1.82) is 0 Å². The highest BCUT2D eigenvalue weighted by Crippen LogP contribution is 2.50. The van der Waals surface area contributed by atoms with Gasteiger partial charge in [0.1, 0.15) is 23.0 Å². The molecule has 0 atom stereocenters. The van der Waals surface area contributed by atoms with E-state index in [9.17, 15) is 20.4 Å². The van der Waals surface area contributed by atoms with Crippen molar-refractivity contribution in [2.75, 3.05) is 0 Å². The first-order valence-corrected chi connectivity index (χ1v) is 10.1. The lowest BCUT2D eigenvalue weighted by Crippen LogP contribution is -2.27. The number of hydrogen-bond acceptors (Lipinski definition) is 4. The van der Waals surface area contributed by atoms with E-state index in [2.05, 4.69) is 13.8 Å². The van der Waals surface area contributed by atoms with Crippen LogP contribution in [0.4, 0.5) is 0 Å². The molecule has 0 spiro atoms. The van der Waals surface area contributed by atoms with Crippen molar-refractivity contribution in [2.24, 2.45) is 5.92 Å². The van der Waals surface area contributed by atoms with Gasteiger partial charge < -0.3 is 20.4 Å². The Balaban J connectivity index is 2.17. The first-order valence-electron chi connectivity index (χ1n) is 10.1. The van der Waals surface area contributed by atoms with Crippen LogP contribution in [0.5, 0.6) is 23.0 Å². The molecule has 0 radical (unpaired) electrons. The summed E-state index contributed by atoms with van der Waals surface area (Å²) in [6.45, 7) is 6.19. The second-order valence-corrected chi connectivity index (χ2v) is 8.66. The Hall–Kier alpha value is -3.40. The van der Waals surface area contributed by atoms with Crippen LogP contribution >= 0.6 is 0 Å². The lowest BCUT2D eigenvalue weighted by Gasteiger charge is -2.36. The normalized spacial score (nSPS) is 12.1. The van der Waals surface area contributed by atoms with Crippen LogP contribution in [0, 0.1) is 5.92 Å². The Kier molecular flexibility index (Phi) is 4.73. The number of phenols is 4. The molecule has 0 saturated heterocycles. The minimum absolute atomic E-state index is 0.104. The second-order valence-electron chi connectivity index (χ2n) is 8.66. The van der Waals surface area contributed by atoms with E-state index in [1.807, 2.05) is 31.2 Å². The van der Waals surface area contributed by atoms with Gasteiger partial charge in [-0.2, -0.15) is 0 Å². The molecule has 154 valence electrons. The molecule has 30 heavy (non-hydrogen) atoms. The topological polar surface area (TPSA) is 80.9 Å². The van der Waals surface area contributed by atoms with Crippen molar-refractivity contribution in [3.63, 3.8) is 0 Å². The molecule has 0 aliphatic heterocycles. The van der Waals surface area contributed by atoms with Crippen molar-refractivity contribution in [1.82, 2.24) is 0 Å². The van der Waals surface area contributed by atoms with E-state index in [-0.39, 0.29) is 28.9 Å². The summed E-state index contributed by atoms with van der Waals surface area (Å²) in [6, 6.07) is 17.1. The van der Waals surface area contributed by atoms with Crippen molar-refractivity contribution < 1.29 is 20.4 Å². The summed E-state index contributed by atoms with van der Waals surface area (Å²) in [5.41, 5.74) is 0.509. The molecule has 0 fully saturated rings. The van der Waals surface area contributed by atoms with Gasteiger partial charge in [0.2, 0.25) is 0 Å². The average molecular weight is 402 g/mol. The number of rotatable bonds is 4. The fourth-order valence-electron chi connectivity index (χ4n) is 4.90. The summed E-state index contributed by atoms with van der Waals surface area (Å²) in [5, 5.41) is 45.6. The van der Waals surface area contributed by atoms with E-state index in [4.69, 9.17) is 0 Å². The summed E-state index contributed by atoms with van der Waals surface area (Å²) < 4.78 is 0. The number of benzene rings is 4. The van der Waals surface area contributed by atoms with E-state index < -0.39 is 5.41 Å². The van der Waals surface area contributed by atoms with Gasteiger partial charge in [-0.1, -0.05) is 45.0 Å². The van der Waals surface area contributed by atoms with Crippen molar-refractivity contribution in [3.05, 3.63) is 71.8 Å². The third-order valence-electron chi connectivity index (χ3n) is 5.89. The van der Waals surface area contributed by atoms with Crippen molar-refractivity contribution in [2.45, 2.75) is 32.6 Å². The number of aromatic hydroxyl groups is 4. The Morgan fingerprint density at radius 2 is 1.07 bits per heavy atom. The van der Waals surface area contributed by atoms with Crippen LogP contribution in [0.2, 0.25) is 0 Å². The molecule has 0 amide bonds. The molecular formula is C26H26O4. The SMILES string of the molecule is CC(C)CC(C)(c1c(O)ccc2ccc(O)cc12)c1c(O)ccc2ccc(O)cc12. The fraction of sp³-hybridized carbons (Fsp3) is 0.231. The maximum absolute atomic E-state index is 11.0. The van der Waals surface area contributed by atoms with E-state index in [1.165, 1.54) is 0 Å². The van der Waals surface area contributed by atoms with E-state index in [0.29, 0.717) is 17.5 Å². The van der Waals surface area contributed by atoms with E-state index in [1.54, 1.807) is 36.4 Å². The van der Waals surface area contributed by atoms with Gasteiger partial charge in [0.05, 0.1) is 0 Å². The average Bonchev–Trinajstić information content (AvgIpc) is 2.66. The Morgan fingerprint density at radius 1 is 0.667 bits per heavy atom. The van der Waals surface area contributed by atoms with Gasteiger partial charge in [0.15, 0.2) is 0 Å². The molecule has 4 rings (SSSR count). The molecular weight excluding hydrogens is 376 g/mol. The molecule has 4 aromatic rings. The van der Waals surface area contributed by atoms with Gasteiger partial charge >= 0.3 is 0 Å². The predicted molar refractivity (Wildman–Crippen MR) is 120 cm³/mol. The lowest BCUT2D eigenvalue weighted by atomic mass is 9.68. The highest BCUT2D eigenvalue weighted by Gasteiger charge is 2.37. The van der Waals surface area contributed by atoms with Crippen LogP contribution in [0.15, 0.2) is 60.7 Å². The van der Waals surface area contributed by atoms with Gasteiger partial charge in [0, 0.05) is 16.5 Å². The van der Waals surface area contributed by atoms with Crippen LogP contribution in [-0.2, 0) is 5.41 Å². The van der Waals surface area contributed by atoms with Crippen LogP contribution < -0.4 is 0 Å². The molecule has 0 saturated carbocycles. The summed E-state index contributed by atoms with van der Waals surface area (Å²) in [7, 11) is 0. The molecule has 0 aromatic heterocycles. The minimum atomic E-state index is -0.789. The van der Waals surface area contributed by atoms with Crippen molar-refractivity contribution >= 4 is 21.5 Å². The molecule has 4 heteroatoms. The Morgan fingerprint density at radius 3 is 1.47 bits per heavy atom. The third kappa shape index (κ3) is 3.18. The van der Waals surface area contributed by atoms with Gasteiger partial charge in [-0.3, -0.25) is 0 Å². The lowest BCUT2D eigenvalue weighted by molar-refractivity contribution is 0.385. The quantitative estimate of drug-likeness (QED) is 0.329. The molecule has 0 bridgehead atoms. The second kappa shape index (κ2) is 7.13. The van der Waals surface area contributed by atoms with Gasteiger partial charge in [-0.25, -0.2) is 0 Å². The molecule has 0 aliphatic carbocycles. The number of hydrogen-bond donors (Lipinski definition) is 4. The summed E-state index contributed by atoms with van der Waals surface area (Å²) in [6.07, 6.45) is 0.637. The molecule has 0 aliphatic rings. The zero-order valence-electron chi connectivity index (χ0n) is 17.3. The zero-order valence-corrected chi connectivity index (χ0v) is 17.3. The fourth-order valence-corrected chi connectivity index (χ4v) is 4.90. The van der Waals surface area contributed by atoms with Crippen LogP contribution in [0.3, 0.4) is 0 Å². The standard InChI is InChI=1S/C26H26O4/c1-15(2)14-26(3,24-20-12-18(27)8-4-16(20)6-10-22(24)29)25-21-13-19(28)9-5-17(21)7-11-23(25)30/h4-13,15,27-30H,14H2,1-3H3. The van der Waals surface area contributed by atoms with Crippen LogP contribution in [-0.4, -0.2) is 20.4 Å². The first kappa shape index (κ1) is 19.9. The Bertz CT molecular complexity index is 1160. The smallest absolute Gasteiger partial charge is 0.120 e. The van der Waals surface area contributed by atoms with Crippen molar-refractivity contribution in [3.8, 4) is 23.0 Å². The molecule has 4 aromatic carbocycles. The molecule has 4 nitrogen and oxygen atoms in total. The summed E-state index contributed by atoms with van der Waals surface area (Å²) in [4.78, 5) is 0. The maximum atomic E-state index is 11.0.